The van der Waals surface area contributed by atoms with Gasteiger partial charge in [0.05, 0.1) is 0 Å². The molecule has 0 aliphatic heterocycles. The second-order valence-corrected chi connectivity index (χ2v) is 1.94. The molecule has 4 heteroatoms. The van der Waals surface area contributed by atoms with E-state index in [1.165, 1.54) is 13.8 Å². The molecule has 0 rings (SSSR count). The Morgan fingerprint density at radius 3 is 1.82 bits per heavy atom. The number of esters is 2. The lowest BCUT2D eigenvalue weighted by Gasteiger charge is -2.13. The first-order chi connectivity index (χ1) is 5.06. The minimum atomic E-state index is -0.843. The Balaban J connectivity index is 3.76. The van der Waals surface area contributed by atoms with E-state index >= 15 is 0 Å². The van der Waals surface area contributed by atoms with Gasteiger partial charge in [0.15, 0.2) is 0 Å². The summed E-state index contributed by atoms with van der Waals surface area (Å²) in [5, 5.41) is 0. The summed E-state index contributed by atoms with van der Waals surface area (Å²) in [6.07, 6.45) is -0.621. The van der Waals surface area contributed by atoms with Crippen molar-refractivity contribution >= 4 is 11.9 Å². The first-order valence-corrected chi connectivity index (χ1v) is 3.20. The van der Waals surface area contributed by atoms with Gasteiger partial charge in [-0.3, -0.25) is 9.59 Å². The topological polar surface area (TPSA) is 52.6 Å². The Morgan fingerprint density at radius 2 is 1.64 bits per heavy atom. The third-order valence-corrected chi connectivity index (χ3v) is 0.831. The molecule has 0 bridgehead atoms. The molecule has 0 aliphatic carbocycles. The second kappa shape index (κ2) is 4.71. The molecule has 11 heavy (non-hydrogen) atoms. The molecule has 0 atom stereocenters. The summed E-state index contributed by atoms with van der Waals surface area (Å²) in [5.41, 5.74) is 0. The SMILES string of the molecule is [CH2]CC(OC(C)=O)OC(C)=O. The highest BCUT2D eigenvalue weighted by atomic mass is 16.7. The normalized spacial score (nSPS) is 9.45. The predicted molar refractivity (Wildman–Crippen MR) is 37.3 cm³/mol. The molecular formula is C7H11O4. The molecule has 0 unspecified atom stereocenters. The number of carbonyl (C=O) groups is 2. The molecule has 0 spiro atoms. The van der Waals surface area contributed by atoms with Crippen LogP contribution < -0.4 is 0 Å². The van der Waals surface area contributed by atoms with Crippen molar-refractivity contribution in [2.24, 2.45) is 0 Å². The number of ether oxygens (including phenoxy) is 2. The maximum absolute atomic E-state index is 10.4. The summed E-state index contributed by atoms with van der Waals surface area (Å²) in [6, 6.07) is 0. The highest BCUT2D eigenvalue weighted by Crippen LogP contribution is 2.00. The highest BCUT2D eigenvalue weighted by molar-refractivity contribution is 5.68. The van der Waals surface area contributed by atoms with Gasteiger partial charge in [0, 0.05) is 20.3 Å². The van der Waals surface area contributed by atoms with Crippen molar-refractivity contribution in [3.63, 3.8) is 0 Å². The van der Waals surface area contributed by atoms with Crippen LogP contribution in [0, 0.1) is 6.92 Å². The molecular weight excluding hydrogens is 148 g/mol. The number of rotatable bonds is 3. The van der Waals surface area contributed by atoms with Crippen LogP contribution in [0.15, 0.2) is 0 Å². The van der Waals surface area contributed by atoms with E-state index in [-0.39, 0.29) is 6.42 Å². The number of hydrogen-bond acceptors (Lipinski definition) is 4. The molecule has 0 saturated heterocycles. The monoisotopic (exact) mass is 159 g/mol. The fourth-order valence-corrected chi connectivity index (χ4v) is 0.512. The van der Waals surface area contributed by atoms with Crippen molar-refractivity contribution in [3.05, 3.63) is 6.92 Å². The van der Waals surface area contributed by atoms with Gasteiger partial charge in [0.2, 0.25) is 6.29 Å². The van der Waals surface area contributed by atoms with Crippen LogP contribution in [0.4, 0.5) is 0 Å². The molecule has 0 aliphatic rings. The largest absolute Gasteiger partial charge is 0.425 e. The van der Waals surface area contributed by atoms with Crippen LogP contribution in [-0.4, -0.2) is 18.2 Å². The van der Waals surface area contributed by atoms with Gasteiger partial charge in [-0.05, 0) is 6.92 Å². The van der Waals surface area contributed by atoms with Crippen LogP contribution in [0.5, 0.6) is 0 Å². The van der Waals surface area contributed by atoms with Gasteiger partial charge < -0.3 is 9.47 Å². The lowest BCUT2D eigenvalue weighted by molar-refractivity contribution is -0.184. The Hall–Kier alpha value is -1.06. The van der Waals surface area contributed by atoms with Gasteiger partial charge in [-0.25, -0.2) is 0 Å². The molecule has 0 amide bonds. The molecule has 63 valence electrons. The van der Waals surface area contributed by atoms with Gasteiger partial charge >= 0.3 is 11.9 Å². The molecule has 0 heterocycles. The molecule has 0 aromatic heterocycles. The fraction of sp³-hybridized carbons (Fsp3) is 0.571. The average molecular weight is 159 g/mol. The Kier molecular flexibility index (Phi) is 4.26. The second-order valence-electron chi connectivity index (χ2n) is 1.94. The standard InChI is InChI=1S/C7H11O4/c1-4-7(10-5(2)8)11-6(3)9/h7H,1,4H2,2-3H3. The maximum Gasteiger partial charge on any atom is 0.305 e. The number of hydrogen-bond donors (Lipinski definition) is 0. The predicted octanol–water partition coefficient (Wildman–Crippen LogP) is 0.663. The zero-order valence-electron chi connectivity index (χ0n) is 6.62. The van der Waals surface area contributed by atoms with E-state index in [0.29, 0.717) is 0 Å². The van der Waals surface area contributed by atoms with Crippen LogP contribution in [0.25, 0.3) is 0 Å². The van der Waals surface area contributed by atoms with E-state index in [9.17, 15) is 9.59 Å². The number of carbonyl (C=O) groups excluding carboxylic acids is 2. The quantitative estimate of drug-likeness (QED) is 0.448. The van der Waals surface area contributed by atoms with Crippen LogP contribution >= 0.6 is 0 Å². The minimum Gasteiger partial charge on any atom is -0.425 e. The molecule has 0 aromatic rings. The Labute approximate surface area is 65.5 Å². The van der Waals surface area contributed by atoms with Crippen LogP contribution in [0.1, 0.15) is 20.3 Å². The summed E-state index contributed by atoms with van der Waals surface area (Å²) in [6.45, 7) is 5.92. The van der Waals surface area contributed by atoms with Crippen molar-refractivity contribution in [2.75, 3.05) is 0 Å². The van der Waals surface area contributed by atoms with Crippen molar-refractivity contribution in [1.82, 2.24) is 0 Å². The first kappa shape index (κ1) is 9.94. The van der Waals surface area contributed by atoms with Crippen molar-refractivity contribution in [1.29, 1.82) is 0 Å². The van der Waals surface area contributed by atoms with Gasteiger partial charge in [0.25, 0.3) is 0 Å². The lowest BCUT2D eigenvalue weighted by atomic mass is 10.5. The summed E-state index contributed by atoms with van der Waals surface area (Å²) in [7, 11) is 0. The zero-order chi connectivity index (χ0) is 8.85. The molecule has 0 fully saturated rings. The molecule has 0 N–H and O–H groups in total. The van der Waals surface area contributed by atoms with Gasteiger partial charge in [0.1, 0.15) is 0 Å². The van der Waals surface area contributed by atoms with Crippen LogP contribution in [0.2, 0.25) is 0 Å². The van der Waals surface area contributed by atoms with Crippen molar-refractivity contribution < 1.29 is 19.1 Å². The van der Waals surface area contributed by atoms with E-state index < -0.39 is 18.2 Å². The molecule has 0 saturated carbocycles. The minimum absolute atomic E-state index is 0.221. The van der Waals surface area contributed by atoms with E-state index in [1.54, 1.807) is 0 Å². The summed E-state index contributed by atoms with van der Waals surface area (Å²) in [4.78, 5) is 20.7. The lowest BCUT2D eigenvalue weighted by Crippen LogP contribution is -2.21. The smallest absolute Gasteiger partial charge is 0.305 e. The first-order valence-electron chi connectivity index (χ1n) is 3.20. The zero-order valence-corrected chi connectivity index (χ0v) is 6.62. The van der Waals surface area contributed by atoms with Crippen LogP contribution in [0.3, 0.4) is 0 Å². The molecule has 1 radical (unpaired) electrons. The summed E-state index contributed by atoms with van der Waals surface area (Å²) in [5.74, 6) is -0.972. The third kappa shape index (κ3) is 5.39. The van der Waals surface area contributed by atoms with E-state index in [2.05, 4.69) is 16.4 Å². The average Bonchev–Trinajstić information content (AvgIpc) is 1.84. The van der Waals surface area contributed by atoms with E-state index in [1.807, 2.05) is 0 Å². The fourth-order valence-electron chi connectivity index (χ4n) is 0.512. The van der Waals surface area contributed by atoms with Crippen molar-refractivity contribution in [3.8, 4) is 0 Å². The van der Waals surface area contributed by atoms with Crippen LogP contribution in [-0.2, 0) is 19.1 Å². The van der Waals surface area contributed by atoms with Gasteiger partial charge in [-0.15, -0.1) is 0 Å². The van der Waals surface area contributed by atoms with Gasteiger partial charge in [-0.2, -0.15) is 0 Å². The van der Waals surface area contributed by atoms with E-state index in [0.717, 1.165) is 0 Å². The Bertz CT molecular complexity index is 137. The maximum atomic E-state index is 10.4. The summed E-state index contributed by atoms with van der Waals surface area (Å²) < 4.78 is 9.13. The van der Waals surface area contributed by atoms with E-state index in [4.69, 9.17) is 0 Å². The molecule has 0 aromatic carbocycles. The Morgan fingerprint density at radius 1 is 1.27 bits per heavy atom. The van der Waals surface area contributed by atoms with Crippen molar-refractivity contribution in [2.45, 2.75) is 26.6 Å². The van der Waals surface area contributed by atoms with Gasteiger partial charge in [-0.1, -0.05) is 0 Å². The molecule has 4 nitrogen and oxygen atoms in total. The summed E-state index contributed by atoms with van der Waals surface area (Å²) >= 11 is 0. The highest BCUT2D eigenvalue weighted by Gasteiger charge is 2.11. The third-order valence-electron chi connectivity index (χ3n) is 0.831.